The summed E-state index contributed by atoms with van der Waals surface area (Å²) < 4.78 is 31.8. The summed E-state index contributed by atoms with van der Waals surface area (Å²) in [7, 11) is 0. The number of nitrogens with zero attached hydrogens (tertiary/aromatic N) is 7. The third kappa shape index (κ3) is 6.16. The van der Waals surface area contributed by atoms with Crippen LogP contribution < -0.4 is 10.2 Å². The first kappa shape index (κ1) is 28.9. The number of aromatic nitrogens is 5. The van der Waals surface area contributed by atoms with Gasteiger partial charge < -0.3 is 14.8 Å². The number of benzene rings is 2. The number of nitrogens with one attached hydrogen (secondary N) is 1. The number of hydrogen-bond donors (Lipinski definition) is 1. The topological polar surface area (TPSA) is 75.0 Å². The minimum Gasteiger partial charge on any atom is -0.369 e. The lowest BCUT2D eigenvalue weighted by atomic mass is 10.1. The Bertz CT molecular complexity index is 1730. The lowest BCUT2D eigenvalue weighted by Gasteiger charge is -2.36. The molecule has 0 bridgehead atoms. The van der Waals surface area contributed by atoms with Crippen molar-refractivity contribution < 1.29 is 8.78 Å². The van der Waals surface area contributed by atoms with Crippen molar-refractivity contribution in [2.75, 3.05) is 36.4 Å². The zero-order chi connectivity index (χ0) is 30.1. The van der Waals surface area contributed by atoms with Gasteiger partial charge in [-0.3, -0.25) is 4.90 Å². The summed E-state index contributed by atoms with van der Waals surface area (Å²) in [5.74, 6) is 0.743. The Hall–Kier alpha value is -4.15. The smallest absolute Gasteiger partial charge is 0.229 e. The molecule has 1 aliphatic rings. The summed E-state index contributed by atoms with van der Waals surface area (Å²) in [4.78, 5) is 22.1. The van der Waals surface area contributed by atoms with Crippen LogP contribution in [0.4, 0.5) is 26.2 Å². The molecule has 0 saturated carbocycles. The van der Waals surface area contributed by atoms with Gasteiger partial charge in [0.25, 0.3) is 0 Å². The maximum absolute atomic E-state index is 15.0. The van der Waals surface area contributed by atoms with E-state index in [0.29, 0.717) is 28.6 Å². The summed E-state index contributed by atoms with van der Waals surface area (Å²) in [5.41, 5.74) is 4.59. The van der Waals surface area contributed by atoms with E-state index >= 15 is 4.39 Å². The van der Waals surface area contributed by atoms with E-state index in [9.17, 15) is 4.39 Å². The Balaban J connectivity index is 1.12. The van der Waals surface area contributed by atoms with Crippen LogP contribution in [0.25, 0.3) is 22.3 Å². The van der Waals surface area contributed by atoms with E-state index in [4.69, 9.17) is 11.6 Å². The van der Waals surface area contributed by atoms with E-state index in [0.717, 1.165) is 50.0 Å². The molecule has 1 saturated heterocycles. The van der Waals surface area contributed by atoms with Crippen LogP contribution in [0.2, 0.25) is 0 Å². The number of rotatable bonds is 8. The Morgan fingerprint density at radius 1 is 0.884 bits per heavy atom. The number of alkyl halides is 1. The Kier molecular flexibility index (Phi) is 8.23. The number of halogens is 3. The average Bonchev–Trinajstić information content (AvgIpc) is 3.36. The molecule has 0 spiro atoms. The van der Waals surface area contributed by atoms with Gasteiger partial charge in [0.15, 0.2) is 11.6 Å². The maximum atomic E-state index is 15.0. The van der Waals surface area contributed by atoms with Crippen LogP contribution in [0.3, 0.4) is 0 Å². The van der Waals surface area contributed by atoms with Crippen LogP contribution in [0.15, 0.2) is 60.9 Å². The number of pyridine rings is 1. The number of anilines is 3. The van der Waals surface area contributed by atoms with E-state index < -0.39 is 11.6 Å². The third-order valence-corrected chi connectivity index (χ3v) is 8.07. The molecule has 11 heteroatoms. The molecule has 8 nitrogen and oxygen atoms in total. The second-order valence-electron chi connectivity index (χ2n) is 11.1. The molecule has 1 N–H and O–H groups in total. The SMILES string of the molecule is Cc1nc2c(F)cc(-c3nc(Nc4ccc(CN5CCN(c6ccc(CCl)cc6)CC5)cn4)ncc3F)cc2n1C(C)C. The molecule has 1 aliphatic heterocycles. The zero-order valence-electron chi connectivity index (χ0n) is 24.4. The molecular formula is C32H33ClF2N8. The van der Waals surface area contributed by atoms with Gasteiger partial charge in [-0.25, -0.2) is 28.7 Å². The zero-order valence-corrected chi connectivity index (χ0v) is 25.1. The number of piperazine rings is 1. The fraction of sp³-hybridized carbons (Fsp3) is 0.312. The van der Waals surface area contributed by atoms with E-state index in [1.54, 1.807) is 6.07 Å². The molecule has 0 unspecified atom stereocenters. The van der Waals surface area contributed by atoms with Gasteiger partial charge in [-0.1, -0.05) is 18.2 Å². The van der Waals surface area contributed by atoms with Gasteiger partial charge in [-0.2, -0.15) is 0 Å². The highest BCUT2D eigenvalue weighted by Crippen LogP contribution is 2.30. The van der Waals surface area contributed by atoms with Gasteiger partial charge in [0.2, 0.25) is 5.95 Å². The van der Waals surface area contributed by atoms with Gasteiger partial charge in [-0.05, 0) is 62.2 Å². The van der Waals surface area contributed by atoms with E-state index in [1.807, 2.05) is 43.7 Å². The van der Waals surface area contributed by atoms with Crippen molar-refractivity contribution in [3.63, 3.8) is 0 Å². The predicted octanol–water partition coefficient (Wildman–Crippen LogP) is 6.86. The van der Waals surface area contributed by atoms with Crippen molar-refractivity contribution in [3.05, 3.63) is 89.5 Å². The number of imidazole rings is 1. The second-order valence-corrected chi connectivity index (χ2v) is 11.3. The summed E-state index contributed by atoms with van der Waals surface area (Å²) in [5, 5.41) is 3.05. The Morgan fingerprint density at radius 2 is 1.63 bits per heavy atom. The van der Waals surface area contributed by atoms with Crippen LogP contribution in [-0.4, -0.2) is 55.6 Å². The van der Waals surface area contributed by atoms with Crippen molar-refractivity contribution >= 4 is 40.1 Å². The van der Waals surface area contributed by atoms with Gasteiger partial charge in [-0.15, -0.1) is 11.6 Å². The molecule has 2 aromatic carbocycles. The molecule has 6 rings (SSSR count). The van der Waals surface area contributed by atoms with Crippen molar-refractivity contribution in [1.29, 1.82) is 0 Å². The molecule has 1 fully saturated rings. The highest BCUT2D eigenvalue weighted by Gasteiger charge is 2.20. The summed E-state index contributed by atoms with van der Waals surface area (Å²) in [6.07, 6.45) is 2.90. The van der Waals surface area contributed by atoms with Crippen molar-refractivity contribution in [2.24, 2.45) is 0 Å². The lowest BCUT2D eigenvalue weighted by molar-refractivity contribution is 0.249. The molecule has 0 aliphatic carbocycles. The standard InChI is InChI=1S/C32H33ClF2N8/c1-20(2)43-21(3)38-31-26(34)14-24(15-28(31)43)30-27(35)18-37-32(40-30)39-29-9-6-23(17-36-29)19-41-10-12-42(13-11-41)25-7-4-22(16-33)5-8-25/h4-9,14-15,17-18,20H,10-13,16,19H2,1-3H3,(H,36,37,39,40). The van der Waals surface area contributed by atoms with Crippen LogP contribution in [-0.2, 0) is 12.4 Å². The molecule has 0 radical (unpaired) electrons. The van der Waals surface area contributed by atoms with Crippen LogP contribution in [0, 0.1) is 18.6 Å². The lowest BCUT2D eigenvalue weighted by Crippen LogP contribution is -2.45. The van der Waals surface area contributed by atoms with E-state index in [1.165, 1.54) is 11.8 Å². The van der Waals surface area contributed by atoms with Crippen molar-refractivity contribution in [3.8, 4) is 11.3 Å². The molecule has 43 heavy (non-hydrogen) atoms. The second kappa shape index (κ2) is 12.2. The molecular weight excluding hydrogens is 570 g/mol. The fourth-order valence-electron chi connectivity index (χ4n) is 5.61. The first-order valence-electron chi connectivity index (χ1n) is 14.3. The Morgan fingerprint density at radius 3 is 2.30 bits per heavy atom. The van der Waals surface area contributed by atoms with Gasteiger partial charge >= 0.3 is 0 Å². The third-order valence-electron chi connectivity index (χ3n) is 7.76. The Labute approximate surface area is 254 Å². The molecule has 222 valence electrons. The monoisotopic (exact) mass is 602 g/mol. The minimum atomic E-state index is -0.646. The molecule has 3 aromatic heterocycles. The van der Waals surface area contributed by atoms with Crippen molar-refractivity contribution in [1.82, 2.24) is 29.4 Å². The number of hydrogen-bond acceptors (Lipinski definition) is 7. The highest BCUT2D eigenvalue weighted by atomic mass is 35.5. The van der Waals surface area contributed by atoms with Crippen molar-refractivity contribution in [2.45, 2.75) is 39.2 Å². The molecule has 0 atom stereocenters. The van der Waals surface area contributed by atoms with Gasteiger partial charge in [0.1, 0.15) is 22.9 Å². The highest BCUT2D eigenvalue weighted by molar-refractivity contribution is 6.17. The van der Waals surface area contributed by atoms with E-state index in [-0.39, 0.29) is 23.2 Å². The fourth-order valence-corrected chi connectivity index (χ4v) is 5.79. The quantitative estimate of drug-likeness (QED) is 0.194. The predicted molar refractivity (Wildman–Crippen MR) is 167 cm³/mol. The van der Waals surface area contributed by atoms with Gasteiger partial charge in [0, 0.05) is 62.1 Å². The van der Waals surface area contributed by atoms with Crippen LogP contribution in [0.5, 0.6) is 0 Å². The first-order chi connectivity index (χ1) is 20.8. The number of fused-ring (bicyclic) bond motifs is 1. The largest absolute Gasteiger partial charge is 0.369 e. The molecule has 5 aromatic rings. The summed E-state index contributed by atoms with van der Waals surface area (Å²) in [6, 6.07) is 15.3. The summed E-state index contributed by atoms with van der Waals surface area (Å²) >= 11 is 5.92. The van der Waals surface area contributed by atoms with Crippen LogP contribution in [0.1, 0.15) is 36.8 Å². The normalized spacial score (nSPS) is 14.2. The van der Waals surface area contributed by atoms with Crippen LogP contribution >= 0.6 is 11.6 Å². The first-order valence-corrected chi connectivity index (χ1v) is 14.9. The van der Waals surface area contributed by atoms with E-state index in [2.05, 4.69) is 59.3 Å². The minimum absolute atomic E-state index is 0.00166. The summed E-state index contributed by atoms with van der Waals surface area (Å²) in [6.45, 7) is 10.4. The average molecular weight is 603 g/mol. The molecule has 4 heterocycles. The maximum Gasteiger partial charge on any atom is 0.229 e. The molecule has 0 amide bonds. The van der Waals surface area contributed by atoms with Gasteiger partial charge in [0.05, 0.1) is 11.7 Å². The number of aryl methyl sites for hydroxylation is 1.